The van der Waals surface area contributed by atoms with Crippen LogP contribution in [0.15, 0.2) is 12.2 Å². The van der Waals surface area contributed by atoms with Crippen molar-refractivity contribution < 1.29 is 13.6 Å². The van der Waals surface area contributed by atoms with Crippen LogP contribution in [-0.4, -0.2) is 30.9 Å². The summed E-state index contributed by atoms with van der Waals surface area (Å²) < 4.78 is 24.4. The first-order valence-corrected chi connectivity index (χ1v) is 15.6. The molecule has 0 aliphatic rings. The van der Waals surface area contributed by atoms with Crippen LogP contribution in [0.2, 0.25) is 0 Å². The molecule has 0 spiro atoms. The third kappa shape index (κ3) is 16.0. The van der Waals surface area contributed by atoms with Gasteiger partial charge in [-0.2, -0.15) is 0 Å². The van der Waals surface area contributed by atoms with Gasteiger partial charge in [-0.3, -0.25) is 0 Å². The van der Waals surface area contributed by atoms with E-state index in [2.05, 4.69) is 19.1 Å². The number of rotatable bonds is 24. The first kappa shape index (κ1) is 32.6. The second-order valence-electron chi connectivity index (χ2n) is 11.0. The van der Waals surface area contributed by atoms with Crippen molar-refractivity contribution >= 4 is 7.68 Å². The zero-order chi connectivity index (χ0) is 24.8. The van der Waals surface area contributed by atoms with Crippen LogP contribution in [0.1, 0.15) is 149 Å². The van der Waals surface area contributed by atoms with Gasteiger partial charge in [-0.1, -0.05) is 122 Å². The predicted octanol–water partition coefficient (Wildman–Crippen LogP) is 10.3. The van der Waals surface area contributed by atoms with E-state index < -0.39 is 13.0 Å². The third-order valence-corrected chi connectivity index (χ3v) is 9.32. The molecule has 0 N–H and O–H groups in total. The Bertz CT molecular complexity index is 528. The smallest absolute Gasteiger partial charge is 0.314 e. The maximum atomic E-state index is 12.0. The van der Waals surface area contributed by atoms with Crippen molar-refractivity contribution in [2.75, 3.05) is 21.1 Å². The van der Waals surface area contributed by atoms with E-state index in [4.69, 9.17) is 0 Å². The molecule has 0 fully saturated rings. The monoisotopic (exact) mass is 484 g/mol. The van der Waals surface area contributed by atoms with Crippen LogP contribution in [0.3, 0.4) is 0 Å². The fourth-order valence-corrected chi connectivity index (χ4v) is 6.15. The maximum absolute atomic E-state index is 12.0. The molecule has 0 saturated carbocycles. The van der Waals surface area contributed by atoms with E-state index >= 15 is 0 Å². The van der Waals surface area contributed by atoms with Gasteiger partial charge in [0, 0.05) is 12.8 Å². The molecule has 0 saturated heterocycles. The van der Waals surface area contributed by atoms with Crippen LogP contribution < -0.4 is 0 Å². The van der Waals surface area contributed by atoms with E-state index in [-0.39, 0.29) is 0 Å². The molecule has 1 atom stereocenters. The van der Waals surface area contributed by atoms with Gasteiger partial charge in [0.15, 0.2) is 0 Å². The number of hydrogen-bond donors (Lipinski definition) is 0. The van der Waals surface area contributed by atoms with Crippen LogP contribution in [-0.2, 0) is 9.13 Å². The molecule has 1 unspecified atom stereocenters. The quantitative estimate of drug-likeness (QED) is 0.0591. The van der Waals surface area contributed by atoms with E-state index in [1.165, 1.54) is 116 Å². The summed E-state index contributed by atoms with van der Waals surface area (Å²) >= 11 is 0. The lowest BCUT2D eigenvalue weighted by Gasteiger charge is -2.40. The summed E-state index contributed by atoms with van der Waals surface area (Å²) in [6.45, 7) is 4.22. The predicted molar refractivity (Wildman–Crippen MR) is 147 cm³/mol. The average Bonchev–Trinajstić information content (AvgIpc) is 2.76. The highest BCUT2D eigenvalue weighted by atomic mass is 31.1. The fraction of sp³-hybridized carbons (Fsp3) is 0.931. The number of unbranched alkanes of at least 4 members (excludes halogenated alkanes) is 17. The highest BCUT2D eigenvalue weighted by Crippen LogP contribution is 2.43. The Morgan fingerprint density at radius 2 is 0.939 bits per heavy atom. The highest BCUT2D eigenvalue weighted by molar-refractivity contribution is 7.32. The lowest BCUT2D eigenvalue weighted by Crippen LogP contribution is -2.53. The second-order valence-corrected chi connectivity index (χ2v) is 12.4. The van der Waals surface area contributed by atoms with Gasteiger partial charge in [-0.25, -0.2) is 9.13 Å². The van der Waals surface area contributed by atoms with Crippen molar-refractivity contribution in [2.24, 2.45) is 0 Å². The maximum Gasteiger partial charge on any atom is 0.378 e. The van der Waals surface area contributed by atoms with Crippen LogP contribution in [0.4, 0.5) is 0 Å². The van der Waals surface area contributed by atoms with Crippen molar-refractivity contribution in [3.05, 3.63) is 12.2 Å². The van der Waals surface area contributed by atoms with Gasteiger partial charge >= 0.3 is 7.68 Å². The molecule has 4 heteroatoms. The van der Waals surface area contributed by atoms with E-state index in [1.807, 2.05) is 28.1 Å². The van der Waals surface area contributed by atoms with Crippen LogP contribution in [0.25, 0.3) is 0 Å². The molecule has 0 aromatic heterocycles. The van der Waals surface area contributed by atoms with Gasteiger partial charge in [-0.15, -0.1) is 0 Å². The van der Waals surface area contributed by atoms with Crippen LogP contribution in [0, 0.1) is 0 Å². The largest absolute Gasteiger partial charge is 0.378 e. The molecule has 33 heavy (non-hydrogen) atoms. The summed E-state index contributed by atoms with van der Waals surface area (Å²) in [5.74, 6) is 0. The fourth-order valence-electron chi connectivity index (χ4n) is 5.06. The second kappa shape index (κ2) is 20.9. The molecule has 0 aliphatic carbocycles. The van der Waals surface area contributed by atoms with Gasteiger partial charge in [0.2, 0.25) is 5.28 Å². The summed E-state index contributed by atoms with van der Waals surface area (Å²) in [5, 5.41) is -0.596. The number of allylic oxidation sites excluding steroid dienone is 2. The highest BCUT2D eigenvalue weighted by Gasteiger charge is 2.46. The van der Waals surface area contributed by atoms with Crippen molar-refractivity contribution in [3.63, 3.8) is 0 Å². The van der Waals surface area contributed by atoms with E-state index in [0.29, 0.717) is 10.9 Å². The topological polar surface area (TPSA) is 34.1 Å². The van der Waals surface area contributed by atoms with Gasteiger partial charge in [-0.05, 0) is 25.7 Å². The zero-order valence-electron chi connectivity index (χ0n) is 23.2. The molecule has 0 aromatic carbocycles. The average molecular weight is 485 g/mol. The number of nitrogens with zero attached hydrogens (tertiary/aromatic N) is 1. The Hall–Kier alpha value is -0.400. The Balaban J connectivity index is 3.45. The van der Waals surface area contributed by atoms with Gasteiger partial charge in [0.25, 0.3) is 0 Å². The van der Waals surface area contributed by atoms with Gasteiger partial charge in [0.05, 0.1) is 21.1 Å². The molecule has 196 valence electrons. The SMILES string of the molecule is CCC=CCCCCCCCCCCCCCCCCCCCC(CC)(P(=O)=O)[N+](C)(C)C. The Labute approximate surface area is 208 Å². The lowest BCUT2D eigenvalue weighted by molar-refractivity contribution is -0.908. The van der Waals surface area contributed by atoms with Crippen molar-refractivity contribution in [3.8, 4) is 0 Å². The number of quaternary nitrogens is 1. The van der Waals surface area contributed by atoms with Crippen molar-refractivity contribution in [1.82, 2.24) is 0 Å². The van der Waals surface area contributed by atoms with Crippen LogP contribution in [0.5, 0.6) is 0 Å². The summed E-state index contributed by atoms with van der Waals surface area (Å²) in [4.78, 5) is 0. The summed E-state index contributed by atoms with van der Waals surface area (Å²) in [6.07, 6.45) is 31.6. The van der Waals surface area contributed by atoms with Crippen molar-refractivity contribution in [2.45, 2.75) is 154 Å². The van der Waals surface area contributed by atoms with E-state index in [1.54, 1.807) is 0 Å². The molecule has 0 rings (SSSR count). The first-order valence-electron chi connectivity index (χ1n) is 14.4. The summed E-state index contributed by atoms with van der Waals surface area (Å²) in [6, 6.07) is 0. The minimum Gasteiger partial charge on any atom is -0.314 e. The molecule has 0 aromatic rings. The molecular formula is C29H59NO2P+. The molecule has 0 amide bonds. The molecule has 0 heterocycles. The minimum atomic E-state index is -2.41. The molecule has 0 aliphatic heterocycles. The normalized spacial score (nSPS) is 14.1. The van der Waals surface area contributed by atoms with Crippen molar-refractivity contribution in [1.29, 1.82) is 0 Å². The van der Waals surface area contributed by atoms with E-state index in [9.17, 15) is 9.13 Å². The third-order valence-electron chi connectivity index (χ3n) is 7.51. The first-order chi connectivity index (χ1) is 15.8. The molecule has 0 radical (unpaired) electrons. The van der Waals surface area contributed by atoms with E-state index in [0.717, 1.165) is 12.8 Å². The summed E-state index contributed by atoms with van der Waals surface area (Å²) in [7, 11) is 3.64. The Kier molecular flexibility index (Phi) is 20.7. The minimum absolute atomic E-state index is 0.513. The zero-order valence-corrected chi connectivity index (χ0v) is 24.1. The molecule has 3 nitrogen and oxygen atoms in total. The standard InChI is InChI=1S/C29H59NO2P/c1-6-8-9-10-11-12-13-14-15-16-17-18-19-20-21-22-23-24-25-26-27-28-29(7-2,33(31)32)30(3,4)5/h8-9H,6-7,10-28H2,1-5H3/q+1. The molecular weight excluding hydrogens is 425 g/mol. The summed E-state index contributed by atoms with van der Waals surface area (Å²) in [5.41, 5.74) is 0. The van der Waals surface area contributed by atoms with Gasteiger partial charge in [0.1, 0.15) is 0 Å². The molecule has 0 bridgehead atoms. The van der Waals surface area contributed by atoms with Crippen LogP contribution >= 0.6 is 7.68 Å². The van der Waals surface area contributed by atoms with Gasteiger partial charge < -0.3 is 4.48 Å². The lowest BCUT2D eigenvalue weighted by atomic mass is 10.0. The Morgan fingerprint density at radius 3 is 1.24 bits per heavy atom. The Morgan fingerprint density at radius 1 is 0.576 bits per heavy atom. The number of hydrogen-bond acceptors (Lipinski definition) is 2.